The van der Waals surface area contributed by atoms with Gasteiger partial charge in [0.25, 0.3) is 0 Å². The lowest BCUT2D eigenvalue weighted by molar-refractivity contribution is -0.137. The largest absolute Gasteiger partial charge is 0.416 e. The third-order valence-electron chi connectivity index (χ3n) is 3.59. The lowest BCUT2D eigenvalue weighted by Gasteiger charge is -2.06. The van der Waals surface area contributed by atoms with Crippen LogP contribution in [0.15, 0.2) is 60.8 Å². The van der Waals surface area contributed by atoms with Gasteiger partial charge in [-0.2, -0.15) is 13.2 Å². The number of hydrogen-bond donors (Lipinski definition) is 1. The zero-order valence-electron chi connectivity index (χ0n) is 11.9. The molecule has 0 atom stereocenters. The molecule has 1 nitrogen and oxygen atoms in total. The van der Waals surface area contributed by atoms with E-state index in [4.69, 9.17) is 0 Å². The molecule has 3 aromatic rings. The molecule has 0 unspecified atom stereocenters. The van der Waals surface area contributed by atoms with Crippen molar-refractivity contribution in [2.45, 2.75) is 13.1 Å². The molecule has 0 bridgehead atoms. The minimum absolute atomic E-state index is 0.634. The van der Waals surface area contributed by atoms with Crippen molar-refractivity contribution in [1.29, 1.82) is 0 Å². The summed E-state index contributed by atoms with van der Waals surface area (Å²) in [4.78, 5) is 3.16. The first-order valence-electron chi connectivity index (χ1n) is 6.86. The fraction of sp³-hybridized carbons (Fsp3) is 0.111. The highest BCUT2D eigenvalue weighted by atomic mass is 19.4. The summed E-state index contributed by atoms with van der Waals surface area (Å²) in [5.74, 6) is 0. The van der Waals surface area contributed by atoms with Crippen molar-refractivity contribution in [3.8, 4) is 22.4 Å². The number of hydrogen-bond acceptors (Lipinski definition) is 0. The van der Waals surface area contributed by atoms with Crippen LogP contribution in [0.25, 0.3) is 22.4 Å². The Labute approximate surface area is 126 Å². The minimum Gasteiger partial charge on any atom is -0.361 e. The number of benzene rings is 2. The summed E-state index contributed by atoms with van der Waals surface area (Å²) in [6.45, 7) is 2.02. The van der Waals surface area contributed by atoms with Crippen LogP contribution in [-0.2, 0) is 6.18 Å². The van der Waals surface area contributed by atoms with Crippen LogP contribution < -0.4 is 0 Å². The van der Waals surface area contributed by atoms with Crippen molar-refractivity contribution in [1.82, 2.24) is 4.98 Å². The summed E-state index contributed by atoms with van der Waals surface area (Å²) in [6.07, 6.45) is -2.50. The van der Waals surface area contributed by atoms with Gasteiger partial charge < -0.3 is 4.98 Å². The molecule has 4 heteroatoms. The van der Waals surface area contributed by atoms with Gasteiger partial charge >= 0.3 is 6.18 Å². The van der Waals surface area contributed by atoms with Crippen molar-refractivity contribution in [2.24, 2.45) is 0 Å². The first kappa shape index (κ1) is 14.4. The van der Waals surface area contributed by atoms with Crippen LogP contribution in [0.3, 0.4) is 0 Å². The Hall–Kier alpha value is -2.49. The molecule has 1 aromatic heterocycles. The zero-order chi connectivity index (χ0) is 15.7. The predicted molar refractivity (Wildman–Crippen MR) is 81.4 cm³/mol. The van der Waals surface area contributed by atoms with Gasteiger partial charge in [0.1, 0.15) is 0 Å². The summed E-state index contributed by atoms with van der Waals surface area (Å²) < 4.78 is 37.7. The van der Waals surface area contributed by atoms with Crippen molar-refractivity contribution in [2.75, 3.05) is 0 Å². The van der Waals surface area contributed by atoms with Gasteiger partial charge in [0.2, 0.25) is 0 Å². The lowest BCUT2D eigenvalue weighted by Crippen LogP contribution is -2.03. The number of halogens is 3. The fourth-order valence-electron chi connectivity index (χ4n) is 2.31. The van der Waals surface area contributed by atoms with E-state index in [-0.39, 0.29) is 0 Å². The Kier molecular flexibility index (Phi) is 3.53. The molecule has 0 aliphatic heterocycles. The van der Waals surface area contributed by atoms with E-state index >= 15 is 0 Å². The standard InChI is InChI=1S/C18H14F3N/c1-12-2-4-14(5-3-12)17-10-15(11-22-17)13-6-8-16(9-7-13)18(19,20)21/h2-11,22H,1H3. The van der Waals surface area contributed by atoms with Gasteiger partial charge in [0, 0.05) is 11.9 Å². The first-order valence-corrected chi connectivity index (χ1v) is 6.86. The SMILES string of the molecule is Cc1ccc(-c2cc(-c3ccc(C(F)(F)F)cc3)c[nH]2)cc1. The van der Waals surface area contributed by atoms with E-state index in [1.807, 2.05) is 37.3 Å². The third kappa shape index (κ3) is 2.91. The smallest absolute Gasteiger partial charge is 0.361 e. The highest BCUT2D eigenvalue weighted by Gasteiger charge is 2.29. The topological polar surface area (TPSA) is 15.8 Å². The van der Waals surface area contributed by atoms with Crippen LogP contribution in [0, 0.1) is 6.92 Å². The van der Waals surface area contributed by atoms with Crippen LogP contribution in [-0.4, -0.2) is 4.98 Å². The minimum atomic E-state index is -4.30. The van der Waals surface area contributed by atoms with Crippen LogP contribution in [0.4, 0.5) is 13.2 Å². The van der Waals surface area contributed by atoms with Gasteiger partial charge in [-0.15, -0.1) is 0 Å². The summed E-state index contributed by atoms with van der Waals surface area (Å²) in [5, 5.41) is 0. The van der Waals surface area contributed by atoms with Crippen molar-refractivity contribution in [3.63, 3.8) is 0 Å². The van der Waals surface area contributed by atoms with Gasteiger partial charge in [-0.05, 0) is 41.8 Å². The maximum absolute atomic E-state index is 12.6. The van der Waals surface area contributed by atoms with E-state index < -0.39 is 11.7 Å². The summed E-state index contributed by atoms with van der Waals surface area (Å²) >= 11 is 0. The van der Waals surface area contributed by atoms with Gasteiger partial charge in [0.15, 0.2) is 0 Å². The molecule has 0 radical (unpaired) electrons. The predicted octanol–water partition coefficient (Wildman–Crippen LogP) is 5.68. The maximum Gasteiger partial charge on any atom is 0.416 e. The number of aromatic amines is 1. The van der Waals surface area contributed by atoms with E-state index in [9.17, 15) is 13.2 Å². The second-order valence-corrected chi connectivity index (χ2v) is 5.24. The quantitative estimate of drug-likeness (QED) is 0.627. The van der Waals surface area contributed by atoms with Crippen molar-refractivity contribution >= 4 is 0 Å². The average molecular weight is 301 g/mol. The number of rotatable bonds is 2. The number of alkyl halides is 3. The zero-order valence-corrected chi connectivity index (χ0v) is 11.9. The van der Waals surface area contributed by atoms with E-state index in [1.165, 1.54) is 17.7 Å². The Morgan fingerprint density at radius 3 is 1.95 bits per heavy atom. The molecule has 1 heterocycles. The second kappa shape index (κ2) is 5.37. The number of aryl methyl sites for hydroxylation is 1. The molecule has 0 aliphatic rings. The molecule has 0 saturated heterocycles. The molecule has 1 N–H and O–H groups in total. The summed E-state index contributed by atoms with van der Waals surface area (Å²) in [7, 11) is 0. The first-order chi connectivity index (χ1) is 10.4. The monoisotopic (exact) mass is 301 g/mol. The molecule has 22 heavy (non-hydrogen) atoms. The molecule has 0 saturated carbocycles. The lowest BCUT2D eigenvalue weighted by atomic mass is 10.0. The molecule has 0 fully saturated rings. The highest BCUT2D eigenvalue weighted by molar-refractivity contribution is 5.71. The normalized spacial score (nSPS) is 11.6. The Bertz CT molecular complexity index is 765. The van der Waals surface area contributed by atoms with Gasteiger partial charge in [-0.25, -0.2) is 0 Å². The van der Waals surface area contributed by atoms with E-state index in [2.05, 4.69) is 4.98 Å². The summed E-state index contributed by atoms with van der Waals surface area (Å²) in [6, 6.07) is 15.2. The Balaban J connectivity index is 1.89. The molecule has 0 spiro atoms. The van der Waals surface area contributed by atoms with Crippen molar-refractivity contribution in [3.05, 3.63) is 71.9 Å². The number of H-pyrrole nitrogens is 1. The molecule has 0 amide bonds. The summed E-state index contributed by atoms with van der Waals surface area (Å²) in [5.41, 5.74) is 4.15. The maximum atomic E-state index is 12.6. The van der Waals surface area contributed by atoms with Gasteiger partial charge in [-0.1, -0.05) is 42.0 Å². The second-order valence-electron chi connectivity index (χ2n) is 5.24. The van der Waals surface area contributed by atoms with E-state index in [0.717, 1.165) is 34.5 Å². The Morgan fingerprint density at radius 1 is 0.773 bits per heavy atom. The van der Waals surface area contributed by atoms with Crippen LogP contribution in [0.5, 0.6) is 0 Å². The third-order valence-corrected chi connectivity index (χ3v) is 3.59. The molecule has 3 rings (SSSR count). The van der Waals surface area contributed by atoms with Crippen LogP contribution in [0.1, 0.15) is 11.1 Å². The number of aromatic nitrogens is 1. The van der Waals surface area contributed by atoms with E-state index in [1.54, 1.807) is 6.20 Å². The molecule has 2 aromatic carbocycles. The molecular weight excluding hydrogens is 287 g/mol. The fourth-order valence-corrected chi connectivity index (χ4v) is 2.31. The molecule has 0 aliphatic carbocycles. The van der Waals surface area contributed by atoms with E-state index in [0.29, 0.717) is 0 Å². The Morgan fingerprint density at radius 2 is 1.36 bits per heavy atom. The van der Waals surface area contributed by atoms with Gasteiger partial charge in [-0.3, -0.25) is 0 Å². The van der Waals surface area contributed by atoms with Crippen molar-refractivity contribution < 1.29 is 13.2 Å². The average Bonchev–Trinajstić information content (AvgIpc) is 2.97. The van der Waals surface area contributed by atoms with Crippen LogP contribution >= 0.6 is 0 Å². The molecule has 112 valence electrons. The highest BCUT2D eigenvalue weighted by Crippen LogP contribution is 2.32. The van der Waals surface area contributed by atoms with Crippen LogP contribution in [0.2, 0.25) is 0 Å². The van der Waals surface area contributed by atoms with Gasteiger partial charge in [0.05, 0.1) is 5.56 Å². The number of nitrogens with one attached hydrogen (secondary N) is 1. The molecular formula is C18H14F3N.